The van der Waals surface area contributed by atoms with E-state index in [1.165, 1.54) is 19.4 Å². The standard InChI is InChI=1S/C18H28N6O9/c1-7(25)13(19)16(30)24-14(8(2)26)17(31)22-10(4-12(27)28)15(29)23-11(18(32)33)3-9-5-20-6-21-9/h5-8,10-11,13-14,25-26H,3-4,19H2,1-2H3,(H,20,21)(H,22,31)(H,23,29)(H,24,30)(H,27,28)(H,32,33). The summed E-state index contributed by atoms with van der Waals surface area (Å²) in [6.45, 7) is 2.38. The van der Waals surface area contributed by atoms with Gasteiger partial charge in [0.1, 0.15) is 24.2 Å². The Hall–Kier alpha value is -3.56. The van der Waals surface area contributed by atoms with Gasteiger partial charge in [-0.15, -0.1) is 0 Å². The number of aliphatic carboxylic acids is 2. The van der Waals surface area contributed by atoms with E-state index in [9.17, 15) is 39.3 Å². The Bertz CT molecular complexity index is 842. The van der Waals surface area contributed by atoms with E-state index in [-0.39, 0.29) is 6.42 Å². The molecule has 33 heavy (non-hydrogen) atoms. The minimum atomic E-state index is -1.73. The highest BCUT2D eigenvalue weighted by Crippen LogP contribution is 2.03. The van der Waals surface area contributed by atoms with E-state index in [1.54, 1.807) is 0 Å². The molecule has 0 saturated heterocycles. The van der Waals surface area contributed by atoms with Crippen LogP contribution in [0.1, 0.15) is 26.0 Å². The summed E-state index contributed by atoms with van der Waals surface area (Å²) in [5.41, 5.74) is 5.87. The number of aromatic amines is 1. The van der Waals surface area contributed by atoms with E-state index in [1.807, 2.05) is 0 Å². The quantitative estimate of drug-likeness (QED) is 0.134. The van der Waals surface area contributed by atoms with Crippen LogP contribution in [0, 0.1) is 0 Å². The fraction of sp³-hybridized carbons (Fsp3) is 0.556. The van der Waals surface area contributed by atoms with Crippen LogP contribution in [0.15, 0.2) is 12.5 Å². The SMILES string of the molecule is CC(O)C(N)C(=O)NC(C(=O)NC(CC(=O)O)C(=O)NC(Cc1cnc[nH]1)C(=O)O)C(C)O. The Kier molecular flexibility index (Phi) is 10.4. The Morgan fingerprint density at radius 1 is 0.970 bits per heavy atom. The van der Waals surface area contributed by atoms with Crippen molar-refractivity contribution < 1.29 is 44.4 Å². The lowest BCUT2D eigenvalue weighted by Gasteiger charge is -2.26. The maximum atomic E-state index is 12.6. The van der Waals surface area contributed by atoms with Crippen molar-refractivity contribution in [2.45, 2.75) is 63.1 Å². The number of carboxylic acid groups (broad SMARTS) is 2. The number of carbonyl (C=O) groups is 5. The van der Waals surface area contributed by atoms with Gasteiger partial charge in [0.2, 0.25) is 17.7 Å². The van der Waals surface area contributed by atoms with Crippen LogP contribution in [-0.2, 0) is 30.4 Å². The number of nitrogens with two attached hydrogens (primary N) is 1. The predicted molar refractivity (Wildman–Crippen MR) is 109 cm³/mol. The summed E-state index contributed by atoms with van der Waals surface area (Å²) in [6, 6.07) is -6.27. The minimum absolute atomic E-state index is 0.196. The van der Waals surface area contributed by atoms with Gasteiger partial charge in [0, 0.05) is 18.3 Å². The van der Waals surface area contributed by atoms with E-state index in [2.05, 4.69) is 25.9 Å². The van der Waals surface area contributed by atoms with Crippen LogP contribution in [0.2, 0.25) is 0 Å². The molecule has 0 saturated carbocycles. The lowest BCUT2D eigenvalue weighted by Crippen LogP contribution is -2.61. The molecule has 6 atom stereocenters. The van der Waals surface area contributed by atoms with Crippen LogP contribution in [-0.4, -0.2) is 96.4 Å². The van der Waals surface area contributed by atoms with Crippen molar-refractivity contribution in [3.63, 3.8) is 0 Å². The van der Waals surface area contributed by atoms with Crippen molar-refractivity contribution in [2.24, 2.45) is 5.73 Å². The number of hydrogen-bond donors (Lipinski definition) is 9. The van der Waals surface area contributed by atoms with Crippen molar-refractivity contribution in [1.82, 2.24) is 25.9 Å². The number of H-pyrrole nitrogens is 1. The number of rotatable bonds is 13. The zero-order valence-electron chi connectivity index (χ0n) is 17.9. The summed E-state index contributed by atoms with van der Waals surface area (Å²) in [5.74, 6) is -6.12. The van der Waals surface area contributed by atoms with Gasteiger partial charge < -0.3 is 47.1 Å². The summed E-state index contributed by atoms with van der Waals surface area (Å²) < 4.78 is 0. The van der Waals surface area contributed by atoms with Gasteiger partial charge in [-0.2, -0.15) is 0 Å². The van der Waals surface area contributed by atoms with E-state index < -0.39 is 72.5 Å². The molecule has 0 aliphatic carbocycles. The smallest absolute Gasteiger partial charge is 0.326 e. The predicted octanol–water partition coefficient (Wildman–Crippen LogP) is -3.95. The lowest BCUT2D eigenvalue weighted by atomic mass is 10.1. The molecule has 3 amide bonds. The Morgan fingerprint density at radius 2 is 1.58 bits per heavy atom. The van der Waals surface area contributed by atoms with Crippen LogP contribution in [0.5, 0.6) is 0 Å². The minimum Gasteiger partial charge on any atom is -0.481 e. The molecule has 0 aliphatic heterocycles. The van der Waals surface area contributed by atoms with Crippen molar-refractivity contribution >= 4 is 29.7 Å². The number of hydrogen-bond acceptors (Lipinski definition) is 9. The molecule has 1 heterocycles. The molecule has 0 bridgehead atoms. The van der Waals surface area contributed by atoms with Crippen molar-refractivity contribution in [3.8, 4) is 0 Å². The molecule has 0 spiro atoms. The fourth-order valence-electron chi connectivity index (χ4n) is 2.61. The Balaban J connectivity index is 2.97. The molecule has 0 aromatic carbocycles. The van der Waals surface area contributed by atoms with Crippen molar-refractivity contribution in [2.75, 3.05) is 0 Å². The number of carboxylic acids is 2. The average Bonchev–Trinajstić information content (AvgIpc) is 3.22. The Morgan fingerprint density at radius 3 is 2.03 bits per heavy atom. The first-order chi connectivity index (χ1) is 15.3. The highest BCUT2D eigenvalue weighted by Gasteiger charge is 2.34. The van der Waals surface area contributed by atoms with E-state index in [0.29, 0.717) is 5.69 Å². The fourth-order valence-corrected chi connectivity index (χ4v) is 2.61. The summed E-state index contributed by atoms with van der Waals surface area (Å²) in [6.07, 6.45) is -1.23. The molecule has 1 aromatic rings. The highest BCUT2D eigenvalue weighted by molar-refractivity contribution is 5.95. The second kappa shape index (κ2) is 12.5. The maximum Gasteiger partial charge on any atom is 0.326 e. The molecule has 184 valence electrons. The first-order valence-electron chi connectivity index (χ1n) is 9.78. The molecule has 1 rings (SSSR count). The van der Waals surface area contributed by atoms with Crippen LogP contribution < -0.4 is 21.7 Å². The largest absolute Gasteiger partial charge is 0.481 e. The van der Waals surface area contributed by atoms with Crippen LogP contribution in [0.4, 0.5) is 0 Å². The van der Waals surface area contributed by atoms with E-state index in [0.717, 1.165) is 6.92 Å². The number of carbonyl (C=O) groups excluding carboxylic acids is 3. The third kappa shape index (κ3) is 8.83. The van der Waals surface area contributed by atoms with Crippen LogP contribution in [0.25, 0.3) is 0 Å². The third-order valence-corrected chi connectivity index (χ3v) is 4.49. The van der Waals surface area contributed by atoms with Gasteiger partial charge in [-0.05, 0) is 13.8 Å². The normalized spacial score (nSPS) is 16.4. The summed E-state index contributed by atoms with van der Waals surface area (Å²) in [7, 11) is 0. The first-order valence-corrected chi connectivity index (χ1v) is 9.78. The summed E-state index contributed by atoms with van der Waals surface area (Å²) in [4.78, 5) is 66.3. The number of amides is 3. The summed E-state index contributed by atoms with van der Waals surface area (Å²) in [5, 5.41) is 44.1. The number of aliphatic hydroxyl groups is 2. The molecule has 6 unspecified atom stereocenters. The molecule has 15 nitrogen and oxygen atoms in total. The van der Waals surface area contributed by atoms with Gasteiger partial charge in [0.25, 0.3) is 0 Å². The number of nitrogens with zero attached hydrogens (tertiary/aromatic N) is 1. The molecule has 0 radical (unpaired) electrons. The number of nitrogens with one attached hydrogen (secondary N) is 4. The first kappa shape index (κ1) is 27.5. The topological polar surface area (TPSA) is 257 Å². The molecular weight excluding hydrogens is 444 g/mol. The van der Waals surface area contributed by atoms with Crippen LogP contribution in [0.3, 0.4) is 0 Å². The maximum absolute atomic E-state index is 12.6. The van der Waals surface area contributed by atoms with Crippen LogP contribution >= 0.6 is 0 Å². The van der Waals surface area contributed by atoms with Gasteiger partial charge in [0.05, 0.1) is 25.0 Å². The molecule has 15 heteroatoms. The second-order valence-corrected chi connectivity index (χ2v) is 7.33. The van der Waals surface area contributed by atoms with Gasteiger partial charge in [-0.3, -0.25) is 19.2 Å². The van der Waals surface area contributed by atoms with Gasteiger partial charge >= 0.3 is 11.9 Å². The molecule has 10 N–H and O–H groups in total. The highest BCUT2D eigenvalue weighted by atomic mass is 16.4. The van der Waals surface area contributed by atoms with Crippen molar-refractivity contribution in [3.05, 3.63) is 18.2 Å². The van der Waals surface area contributed by atoms with E-state index >= 15 is 0 Å². The zero-order valence-corrected chi connectivity index (χ0v) is 17.9. The summed E-state index contributed by atoms with van der Waals surface area (Å²) >= 11 is 0. The molecular formula is C18H28N6O9. The lowest BCUT2D eigenvalue weighted by molar-refractivity contribution is -0.144. The number of aromatic nitrogens is 2. The Labute approximate surface area is 187 Å². The zero-order chi connectivity index (χ0) is 25.3. The van der Waals surface area contributed by atoms with Gasteiger partial charge in [-0.25, -0.2) is 9.78 Å². The van der Waals surface area contributed by atoms with E-state index in [4.69, 9.17) is 10.8 Å². The average molecular weight is 472 g/mol. The van der Waals surface area contributed by atoms with Gasteiger partial charge in [0.15, 0.2) is 0 Å². The number of aliphatic hydroxyl groups excluding tert-OH is 2. The molecule has 1 aromatic heterocycles. The third-order valence-electron chi connectivity index (χ3n) is 4.49. The molecule has 0 fully saturated rings. The second-order valence-electron chi connectivity index (χ2n) is 7.33. The van der Waals surface area contributed by atoms with Gasteiger partial charge in [-0.1, -0.05) is 0 Å². The number of imidazole rings is 1. The molecule has 0 aliphatic rings. The monoisotopic (exact) mass is 472 g/mol. The van der Waals surface area contributed by atoms with Crippen molar-refractivity contribution in [1.29, 1.82) is 0 Å².